The SMILES string of the molecule is Cc1cc(Cl)cc2c1NC(=O)C21NC(CC(N)=O)[C@H]2C(=O)N(Cc3ccccc3Cl)C(=O)[C@H]21. The van der Waals surface area contributed by atoms with E-state index in [2.05, 4.69) is 10.6 Å². The van der Waals surface area contributed by atoms with Crippen LogP contribution in [0.15, 0.2) is 36.4 Å². The van der Waals surface area contributed by atoms with Crippen LogP contribution in [0, 0.1) is 18.8 Å². The first-order chi connectivity index (χ1) is 15.6. The molecule has 2 fully saturated rings. The Hall–Kier alpha value is -2.94. The van der Waals surface area contributed by atoms with Crippen LogP contribution in [0.3, 0.4) is 0 Å². The molecule has 4 atom stereocenters. The van der Waals surface area contributed by atoms with Crippen molar-refractivity contribution in [3.63, 3.8) is 0 Å². The van der Waals surface area contributed by atoms with Crippen LogP contribution < -0.4 is 16.4 Å². The largest absolute Gasteiger partial charge is 0.370 e. The maximum Gasteiger partial charge on any atom is 0.250 e. The number of primary amides is 1. The molecule has 2 saturated heterocycles. The van der Waals surface area contributed by atoms with Gasteiger partial charge in [-0.25, -0.2) is 0 Å². The quantitative estimate of drug-likeness (QED) is 0.571. The van der Waals surface area contributed by atoms with Crippen LogP contribution in [-0.2, 0) is 31.3 Å². The Kier molecular flexibility index (Phi) is 5.00. The predicted molar refractivity (Wildman–Crippen MR) is 121 cm³/mol. The van der Waals surface area contributed by atoms with Gasteiger partial charge in [0.15, 0.2) is 0 Å². The summed E-state index contributed by atoms with van der Waals surface area (Å²) in [5.74, 6) is -4.09. The van der Waals surface area contributed by atoms with Crippen LogP contribution in [0.5, 0.6) is 0 Å². The van der Waals surface area contributed by atoms with E-state index in [1.54, 1.807) is 43.3 Å². The molecule has 0 aliphatic carbocycles. The predicted octanol–water partition coefficient (Wildman–Crippen LogP) is 2.10. The number of hydrogen-bond acceptors (Lipinski definition) is 5. The Morgan fingerprint density at radius 1 is 1.15 bits per heavy atom. The summed E-state index contributed by atoms with van der Waals surface area (Å²) in [5, 5.41) is 6.80. The number of halogens is 2. The summed E-state index contributed by atoms with van der Waals surface area (Å²) in [4.78, 5) is 53.6. The van der Waals surface area contributed by atoms with E-state index in [1.165, 1.54) is 0 Å². The Morgan fingerprint density at radius 3 is 2.58 bits per heavy atom. The van der Waals surface area contributed by atoms with Crippen molar-refractivity contribution < 1.29 is 19.2 Å². The van der Waals surface area contributed by atoms with Gasteiger partial charge in [-0.05, 0) is 36.2 Å². The number of nitrogens with two attached hydrogens (primary N) is 1. The zero-order valence-corrected chi connectivity index (χ0v) is 19.0. The van der Waals surface area contributed by atoms with E-state index in [0.717, 1.165) is 10.5 Å². The first-order valence-electron chi connectivity index (χ1n) is 10.4. The van der Waals surface area contributed by atoms with Crippen molar-refractivity contribution in [2.45, 2.75) is 31.5 Å². The molecule has 3 aliphatic rings. The van der Waals surface area contributed by atoms with Crippen molar-refractivity contribution in [2.24, 2.45) is 17.6 Å². The number of aryl methyl sites for hydroxylation is 1. The third-order valence-electron chi connectivity index (χ3n) is 6.78. The molecule has 1 spiro atoms. The molecule has 0 radical (unpaired) electrons. The average molecular weight is 487 g/mol. The highest BCUT2D eigenvalue weighted by molar-refractivity contribution is 6.31. The number of anilines is 1. The minimum Gasteiger partial charge on any atom is -0.370 e. The van der Waals surface area contributed by atoms with Gasteiger partial charge in [-0.3, -0.25) is 29.4 Å². The van der Waals surface area contributed by atoms with Gasteiger partial charge in [0.25, 0.3) is 0 Å². The lowest BCUT2D eigenvalue weighted by Crippen LogP contribution is -2.53. The van der Waals surface area contributed by atoms with E-state index >= 15 is 0 Å². The minimum absolute atomic E-state index is 0.0350. The van der Waals surface area contributed by atoms with Gasteiger partial charge in [-0.1, -0.05) is 41.4 Å². The fraction of sp³-hybridized carbons (Fsp3) is 0.304. The zero-order chi connectivity index (χ0) is 23.7. The summed E-state index contributed by atoms with van der Waals surface area (Å²) >= 11 is 12.6. The summed E-state index contributed by atoms with van der Waals surface area (Å²) in [7, 11) is 0. The number of nitrogens with one attached hydrogen (secondary N) is 2. The maximum atomic E-state index is 13.7. The van der Waals surface area contributed by atoms with Crippen molar-refractivity contribution >= 4 is 52.5 Å². The first kappa shape index (κ1) is 21.9. The molecule has 3 aliphatic heterocycles. The number of imide groups is 1. The summed E-state index contributed by atoms with van der Waals surface area (Å²) in [6, 6.07) is 9.45. The minimum atomic E-state index is -1.54. The van der Waals surface area contributed by atoms with E-state index in [9.17, 15) is 19.2 Å². The van der Waals surface area contributed by atoms with Crippen LogP contribution in [0.4, 0.5) is 5.69 Å². The molecule has 33 heavy (non-hydrogen) atoms. The van der Waals surface area contributed by atoms with Gasteiger partial charge in [-0.2, -0.15) is 0 Å². The monoisotopic (exact) mass is 486 g/mol. The molecule has 4 amide bonds. The molecule has 2 aromatic rings. The van der Waals surface area contributed by atoms with E-state index in [-0.39, 0.29) is 13.0 Å². The van der Waals surface area contributed by atoms with E-state index in [4.69, 9.17) is 28.9 Å². The molecule has 2 aromatic carbocycles. The van der Waals surface area contributed by atoms with E-state index in [0.29, 0.717) is 26.9 Å². The highest BCUT2D eigenvalue weighted by Gasteiger charge is 2.70. The lowest BCUT2D eigenvalue weighted by atomic mass is 9.76. The third kappa shape index (κ3) is 3.08. The number of likely N-dealkylation sites (tertiary alicyclic amines) is 1. The summed E-state index contributed by atoms with van der Waals surface area (Å²) in [5.41, 5.74) is 6.26. The molecule has 0 aromatic heterocycles. The van der Waals surface area contributed by atoms with Gasteiger partial charge in [0, 0.05) is 33.8 Å². The van der Waals surface area contributed by atoms with Crippen LogP contribution >= 0.6 is 23.2 Å². The van der Waals surface area contributed by atoms with Gasteiger partial charge in [0.1, 0.15) is 5.54 Å². The third-order valence-corrected chi connectivity index (χ3v) is 7.37. The van der Waals surface area contributed by atoms with Gasteiger partial charge >= 0.3 is 0 Å². The molecule has 0 saturated carbocycles. The number of hydrogen-bond donors (Lipinski definition) is 3. The van der Waals surface area contributed by atoms with Crippen LogP contribution in [0.25, 0.3) is 0 Å². The first-order valence-corrected chi connectivity index (χ1v) is 11.2. The standard InChI is InChI=1S/C23H20Cl2N4O4/c1-10-6-12(24)7-13-19(10)27-22(33)23(13)18-17(15(28-23)8-16(26)30)20(31)29(21(18)32)9-11-4-2-3-5-14(11)25/h2-7,15,17-18,28H,8-9H2,1H3,(H2,26,30)(H,27,33)/t15?,17-,18+,23?/m1/s1. The summed E-state index contributed by atoms with van der Waals surface area (Å²) in [6.07, 6.45) is -0.204. The topological polar surface area (TPSA) is 122 Å². The molecule has 8 nitrogen and oxygen atoms in total. The number of rotatable bonds is 4. The normalized spacial score (nSPS) is 27.8. The van der Waals surface area contributed by atoms with Gasteiger partial charge < -0.3 is 11.1 Å². The molecular formula is C23H20Cl2N4O4. The molecule has 0 bridgehead atoms. The van der Waals surface area contributed by atoms with Crippen LogP contribution in [-0.4, -0.2) is 34.6 Å². The number of carbonyl (C=O) groups excluding carboxylic acids is 4. The molecule has 5 rings (SSSR count). The Labute approximate surface area is 199 Å². The highest BCUT2D eigenvalue weighted by atomic mass is 35.5. The zero-order valence-electron chi connectivity index (χ0n) is 17.5. The van der Waals surface area contributed by atoms with Gasteiger partial charge in [-0.15, -0.1) is 0 Å². The number of carbonyl (C=O) groups is 4. The second kappa shape index (κ2) is 7.55. The van der Waals surface area contributed by atoms with Crippen molar-refractivity contribution in [1.82, 2.24) is 10.2 Å². The van der Waals surface area contributed by atoms with E-state index < -0.39 is 47.0 Å². The lowest BCUT2D eigenvalue weighted by molar-refractivity contribution is -0.143. The van der Waals surface area contributed by atoms with Crippen LogP contribution in [0.1, 0.15) is 23.1 Å². The lowest BCUT2D eigenvalue weighted by Gasteiger charge is -2.29. The molecule has 3 heterocycles. The smallest absolute Gasteiger partial charge is 0.250 e. The Morgan fingerprint density at radius 2 is 1.88 bits per heavy atom. The van der Waals surface area contributed by atoms with Crippen molar-refractivity contribution in [1.29, 1.82) is 0 Å². The van der Waals surface area contributed by atoms with E-state index in [1.807, 2.05) is 0 Å². The van der Waals surface area contributed by atoms with Gasteiger partial charge in [0.2, 0.25) is 23.6 Å². The number of fused-ring (bicyclic) bond motifs is 4. The second-order valence-electron chi connectivity index (χ2n) is 8.69. The van der Waals surface area contributed by atoms with Crippen molar-refractivity contribution in [3.05, 3.63) is 63.1 Å². The molecule has 10 heteroatoms. The Balaban J connectivity index is 1.64. The van der Waals surface area contributed by atoms with Crippen molar-refractivity contribution in [3.8, 4) is 0 Å². The number of nitrogens with zero attached hydrogens (tertiary/aromatic N) is 1. The van der Waals surface area contributed by atoms with Crippen LogP contribution in [0.2, 0.25) is 10.0 Å². The maximum absolute atomic E-state index is 13.7. The molecule has 2 unspecified atom stereocenters. The fourth-order valence-corrected chi connectivity index (χ4v) is 5.91. The molecule has 4 N–H and O–H groups in total. The fourth-order valence-electron chi connectivity index (χ4n) is 5.44. The highest BCUT2D eigenvalue weighted by Crippen LogP contribution is 2.54. The summed E-state index contributed by atoms with van der Waals surface area (Å²) < 4.78 is 0. The molecule has 170 valence electrons. The summed E-state index contributed by atoms with van der Waals surface area (Å²) in [6.45, 7) is 1.76. The number of amides is 4. The Bertz CT molecular complexity index is 1250. The van der Waals surface area contributed by atoms with Crippen molar-refractivity contribution in [2.75, 3.05) is 5.32 Å². The molecular weight excluding hydrogens is 467 g/mol. The average Bonchev–Trinajstić information content (AvgIpc) is 3.30. The van der Waals surface area contributed by atoms with Gasteiger partial charge in [0.05, 0.1) is 18.4 Å². The second-order valence-corrected chi connectivity index (χ2v) is 9.53. The number of benzene rings is 2.